The molecule has 0 saturated carbocycles. The van der Waals surface area contributed by atoms with Crippen LogP contribution in [-0.4, -0.2) is 46.1 Å². The molecule has 0 aromatic heterocycles. The zero-order valence-corrected chi connectivity index (χ0v) is 10.4. The third-order valence-corrected chi connectivity index (χ3v) is 3.23. The quantitative estimate of drug-likeness (QED) is 0.513. The average Bonchev–Trinajstić information content (AvgIpc) is 2.31. The van der Waals surface area contributed by atoms with Crippen LogP contribution in [0, 0.1) is 0 Å². The van der Waals surface area contributed by atoms with Crippen molar-refractivity contribution < 1.29 is 29.3 Å². The van der Waals surface area contributed by atoms with Gasteiger partial charge in [0.2, 0.25) is 0 Å². The van der Waals surface area contributed by atoms with Crippen LogP contribution < -0.4 is 0 Å². The molecular formula is C13H14O6. The first-order valence-corrected chi connectivity index (χ1v) is 5.86. The monoisotopic (exact) mass is 266 g/mol. The van der Waals surface area contributed by atoms with Crippen molar-refractivity contribution in [1.82, 2.24) is 0 Å². The second-order valence-electron chi connectivity index (χ2n) is 4.86. The molecule has 102 valence electrons. The fourth-order valence-electron chi connectivity index (χ4n) is 2.38. The molecule has 2 N–H and O–H groups in total. The van der Waals surface area contributed by atoms with Gasteiger partial charge in [0.05, 0.1) is 6.10 Å². The van der Waals surface area contributed by atoms with Crippen LogP contribution in [0.1, 0.15) is 19.8 Å². The minimum Gasteiger partial charge on any atom is -0.463 e. The van der Waals surface area contributed by atoms with Crippen molar-refractivity contribution in [2.24, 2.45) is 0 Å². The summed E-state index contributed by atoms with van der Waals surface area (Å²) in [7, 11) is 0. The van der Waals surface area contributed by atoms with Gasteiger partial charge in [-0.15, -0.1) is 0 Å². The van der Waals surface area contributed by atoms with E-state index in [9.17, 15) is 24.6 Å². The summed E-state index contributed by atoms with van der Waals surface area (Å²) in [6.45, 7) is 0.882. The molecule has 2 aliphatic rings. The first-order chi connectivity index (χ1) is 8.82. The molecule has 0 bridgehead atoms. The lowest BCUT2D eigenvalue weighted by atomic mass is 9.74. The zero-order chi connectivity index (χ0) is 14.2. The van der Waals surface area contributed by atoms with E-state index in [0.29, 0.717) is 0 Å². The van der Waals surface area contributed by atoms with Crippen molar-refractivity contribution in [3.05, 3.63) is 23.3 Å². The fourth-order valence-corrected chi connectivity index (χ4v) is 2.38. The number of ether oxygens (including phenoxy) is 1. The predicted molar refractivity (Wildman–Crippen MR) is 63.0 cm³/mol. The standard InChI is InChI=1S/C13H14O6/c1-7(14)19-6-13(18)4-8-9(15)2-3-10(16)12(8)11(17)5-13/h2-3,11,17-18H,4-6H2,1H3/t11-,13+/m0/s1. The third kappa shape index (κ3) is 2.64. The van der Waals surface area contributed by atoms with E-state index in [4.69, 9.17) is 4.74 Å². The fraction of sp³-hybridized carbons (Fsp3) is 0.462. The number of aliphatic hydroxyl groups is 2. The molecule has 0 unspecified atom stereocenters. The maximum Gasteiger partial charge on any atom is 0.302 e. The Hall–Kier alpha value is -1.79. The molecule has 0 amide bonds. The van der Waals surface area contributed by atoms with Crippen molar-refractivity contribution in [2.75, 3.05) is 6.61 Å². The second kappa shape index (κ2) is 4.71. The lowest BCUT2D eigenvalue weighted by molar-refractivity contribution is -0.151. The van der Waals surface area contributed by atoms with Crippen LogP contribution in [-0.2, 0) is 19.1 Å². The smallest absolute Gasteiger partial charge is 0.302 e. The molecule has 0 radical (unpaired) electrons. The number of allylic oxidation sites excluding steroid dienone is 2. The minimum absolute atomic E-state index is 0.0417. The van der Waals surface area contributed by atoms with Crippen molar-refractivity contribution in [2.45, 2.75) is 31.5 Å². The van der Waals surface area contributed by atoms with Crippen LogP contribution in [0.2, 0.25) is 0 Å². The SMILES string of the molecule is CC(=O)OC[C@@]1(O)CC2=C(C(=O)C=CC2=O)[C@@H](O)C1. The zero-order valence-electron chi connectivity index (χ0n) is 10.4. The highest BCUT2D eigenvalue weighted by Gasteiger charge is 2.43. The van der Waals surface area contributed by atoms with Crippen molar-refractivity contribution in [1.29, 1.82) is 0 Å². The van der Waals surface area contributed by atoms with E-state index < -0.39 is 29.2 Å². The molecule has 0 aromatic carbocycles. The second-order valence-corrected chi connectivity index (χ2v) is 4.86. The van der Waals surface area contributed by atoms with Gasteiger partial charge < -0.3 is 14.9 Å². The predicted octanol–water partition coefficient (Wildman–Crippen LogP) is -0.560. The number of hydrogen-bond acceptors (Lipinski definition) is 6. The third-order valence-electron chi connectivity index (χ3n) is 3.23. The summed E-state index contributed by atoms with van der Waals surface area (Å²) in [4.78, 5) is 34.1. The average molecular weight is 266 g/mol. The van der Waals surface area contributed by atoms with Crippen LogP contribution in [0.3, 0.4) is 0 Å². The number of esters is 1. The summed E-state index contributed by atoms with van der Waals surface area (Å²) < 4.78 is 4.74. The van der Waals surface area contributed by atoms with Gasteiger partial charge in [-0.05, 0) is 12.2 Å². The molecule has 0 heterocycles. The minimum atomic E-state index is -1.52. The lowest BCUT2D eigenvalue weighted by Crippen LogP contribution is -2.46. The highest BCUT2D eigenvalue weighted by Crippen LogP contribution is 2.36. The first-order valence-electron chi connectivity index (χ1n) is 5.86. The van der Waals surface area contributed by atoms with Crippen LogP contribution in [0.25, 0.3) is 0 Å². The highest BCUT2D eigenvalue weighted by atomic mass is 16.5. The number of carbonyl (C=O) groups excluding carboxylic acids is 3. The first kappa shape index (κ1) is 13.6. The van der Waals surface area contributed by atoms with Gasteiger partial charge in [0.25, 0.3) is 0 Å². The maximum atomic E-state index is 11.7. The summed E-state index contributed by atoms with van der Waals surface area (Å²) in [6.07, 6.45) is 0.741. The molecule has 2 rings (SSSR count). The van der Waals surface area contributed by atoms with Gasteiger partial charge in [0, 0.05) is 30.9 Å². The molecule has 6 heteroatoms. The van der Waals surface area contributed by atoms with Crippen molar-refractivity contribution >= 4 is 17.5 Å². The number of aliphatic hydroxyl groups excluding tert-OH is 1. The number of hydrogen-bond donors (Lipinski definition) is 2. The van der Waals surface area contributed by atoms with Crippen molar-refractivity contribution in [3.63, 3.8) is 0 Å². The summed E-state index contributed by atoms with van der Waals surface area (Å²) in [5.41, 5.74) is -1.38. The van der Waals surface area contributed by atoms with E-state index in [1.54, 1.807) is 0 Å². The molecule has 2 atom stereocenters. The number of ketones is 2. The van der Waals surface area contributed by atoms with Gasteiger partial charge in [0.1, 0.15) is 12.2 Å². The van der Waals surface area contributed by atoms with Gasteiger partial charge in [0.15, 0.2) is 11.6 Å². The Morgan fingerprint density at radius 3 is 2.68 bits per heavy atom. The summed E-state index contributed by atoms with van der Waals surface area (Å²) in [5, 5.41) is 20.2. The van der Waals surface area contributed by atoms with Crippen LogP contribution in [0.15, 0.2) is 23.3 Å². The molecule has 19 heavy (non-hydrogen) atoms. The molecule has 0 spiro atoms. The lowest BCUT2D eigenvalue weighted by Gasteiger charge is -2.36. The molecule has 2 aliphatic carbocycles. The van der Waals surface area contributed by atoms with Gasteiger partial charge in [-0.3, -0.25) is 14.4 Å². The molecule has 0 saturated heterocycles. The van der Waals surface area contributed by atoms with E-state index in [-0.39, 0.29) is 30.6 Å². The van der Waals surface area contributed by atoms with Crippen molar-refractivity contribution in [3.8, 4) is 0 Å². The molecular weight excluding hydrogens is 252 g/mol. The van der Waals surface area contributed by atoms with Gasteiger partial charge in [-0.2, -0.15) is 0 Å². The largest absolute Gasteiger partial charge is 0.463 e. The normalized spacial score (nSPS) is 30.4. The Balaban J connectivity index is 2.27. The summed E-state index contributed by atoms with van der Waals surface area (Å²) >= 11 is 0. The Morgan fingerprint density at radius 2 is 2.05 bits per heavy atom. The Bertz CT molecular complexity index is 515. The van der Waals surface area contributed by atoms with Crippen LogP contribution >= 0.6 is 0 Å². The molecule has 0 fully saturated rings. The van der Waals surface area contributed by atoms with E-state index in [0.717, 1.165) is 12.2 Å². The number of rotatable bonds is 2. The Kier molecular flexibility index (Phi) is 3.38. The Labute approximate surface area is 109 Å². The topological polar surface area (TPSA) is 101 Å². The van der Waals surface area contributed by atoms with Crippen LogP contribution in [0.4, 0.5) is 0 Å². The molecule has 0 aliphatic heterocycles. The van der Waals surface area contributed by atoms with E-state index >= 15 is 0 Å². The molecule has 6 nitrogen and oxygen atoms in total. The molecule has 0 aromatic rings. The van der Waals surface area contributed by atoms with E-state index in [1.165, 1.54) is 6.92 Å². The van der Waals surface area contributed by atoms with E-state index in [2.05, 4.69) is 0 Å². The number of carbonyl (C=O) groups is 3. The summed E-state index contributed by atoms with van der Waals surface area (Å²) in [5.74, 6) is -1.39. The van der Waals surface area contributed by atoms with Gasteiger partial charge in [-0.1, -0.05) is 0 Å². The maximum absolute atomic E-state index is 11.7. The highest BCUT2D eigenvalue weighted by molar-refractivity contribution is 6.20. The Morgan fingerprint density at radius 1 is 1.42 bits per heavy atom. The van der Waals surface area contributed by atoms with E-state index in [1.807, 2.05) is 0 Å². The summed E-state index contributed by atoms with van der Waals surface area (Å²) in [6, 6.07) is 0. The van der Waals surface area contributed by atoms with Gasteiger partial charge >= 0.3 is 5.97 Å². The van der Waals surface area contributed by atoms with Crippen LogP contribution in [0.5, 0.6) is 0 Å². The van der Waals surface area contributed by atoms with Gasteiger partial charge in [-0.25, -0.2) is 0 Å².